The molecule has 198 valence electrons. The molecular weight excluding hydrogens is 448 g/mol. The van der Waals surface area contributed by atoms with Crippen LogP contribution in [0.5, 0.6) is 0 Å². The van der Waals surface area contributed by atoms with Crippen molar-refractivity contribution >= 4 is 0 Å². The molecule has 1 aliphatic rings. The van der Waals surface area contributed by atoms with Gasteiger partial charge in [-0.25, -0.2) is 9.97 Å². The molecule has 0 bridgehead atoms. The summed E-state index contributed by atoms with van der Waals surface area (Å²) < 4.78 is 5.21. The molecule has 3 aromatic heterocycles. The Hall–Kier alpha value is -2.77. The molecule has 7 heteroatoms. The summed E-state index contributed by atoms with van der Waals surface area (Å²) in [7, 11) is 0. The molecule has 1 aliphatic heterocycles. The molecule has 0 atom stereocenters. The second-order valence-electron chi connectivity index (χ2n) is 9.80. The zero-order valence-corrected chi connectivity index (χ0v) is 23.5. The molecule has 1 saturated heterocycles. The number of hydrogen-bond acceptors (Lipinski definition) is 7. The van der Waals surface area contributed by atoms with Crippen molar-refractivity contribution in [2.45, 2.75) is 79.2 Å². The smallest absolute Gasteiger partial charge is 0.115 e. The standard InChI is InChI=1S/C8H11N.2C7H10N2.C7H15NO/c1-7(2)8-3-5-9-6-4-8;1-6(2)7-3-4-8-5-9-7;1-6(2)7-3-4-8-9-5-7;1-7(2)8-3-5-9-6-4-8/h3-7H,1-2H3;2*3-6H,1-2H3;7H,3-6H2,1-2H3. The van der Waals surface area contributed by atoms with E-state index >= 15 is 0 Å². The summed E-state index contributed by atoms with van der Waals surface area (Å²) in [5, 5.41) is 7.43. The topological polar surface area (TPSA) is 76.9 Å². The van der Waals surface area contributed by atoms with Gasteiger partial charge >= 0.3 is 0 Å². The van der Waals surface area contributed by atoms with Crippen LogP contribution >= 0.6 is 0 Å². The van der Waals surface area contributed by atoms with E-state index in [2.05, 4.69) is 85.4 Å². The van der Waals surface area contributed by atoms with E-state index in [1.807, 2.05) is 36.7 Å². The molecule has 4 rings (SSSR count). The van der Waals surface area contributed by atoms with Crippen molar-refractivity contribution in [2.75, 3.05) is 26.3 Å². The number of morpholine rings is 1. The first-order valence-corrected chi connectivity index (χ1v) is 13.0. The lowest BCUT2D eigenvalue weighted by atomic mass is 10.1. The number of rotatable bonds is 4. The minimum Gasteiger partial charge on any atom is -0.379 e. The minimum absolute atomic E-state index is 0.507. The summed E-state index contributed by atoms with van der Waals surface area (Å²) in [5.41, 5.74) is 3.69. The molecular formula is C29H46N6O. The third-order valence-electron chi connectivity index (χ3n) is 5.62. The molecule has 0 saturated carbocycles. The van der Waals surface area contributed by atoms with Gasteiger partial charge in [-0.15, -0.1) is 0 Å². The molecule has 0 aromatic carbocycles. The van der Waals surface area contributed by atoms with Crippen LogP contribution in [0.1, 0.15) is 90.0 Å². The van der Waals surface area contributed by atoms with Crippen LogP contribution < -0.4 is 0 Å². The van der Waals surface area contributed by atoms with Gasteiger partial charge in [0.1, 0.15) is 6.33 Å². The van der Waals surface area contributed by atoms with E-state index in [-0.39, 0.29) is 0 Å². The fourth-order valence-corrected chi connectivity index (χ4v) is 3.13. The molecule has 36 heavy (non-hydrogen) atoms. The highest BCUT2D eigenvalue weighted by molar-refractivity contribution is 5.13. The molecule has 7 nitrogen and oxygen atoms in total. The largest absolute Gasteiger partial charge is 0.379 e. The summed E-state index contributed by atoms with van der Waals surface area (Å²) in [5.74, 6) is 1.68. The fourth-order valence-electron chi connectivity index (χ4n) is 3.13. The van der Waals surface area contributed by atoms with Crippen molar-refractivity contribution in [1.29, 1.82) is 0 Å². The van der Waals surface area contributed by atoms with Gasteiger partial charge in [0, 0.05) is 49.6 Å². The Balaban J connectivity index is 0.000000240. The normalized spacial score (nSPS) is 13.3. The molecule has 0 amide bonds. The highest BCUT2D eigenvalue weighted by Gasteiger charge is 2.12. The summed E-state index contributed by atoms with van der Waals surface area (Å²) in [6.45, 7) is 21.4. The van der Waals surface area contributed by atoms with Crippen molar-refractivity contribution in [3.8, 4) is 0 Å². The molecule has 0 N–H and O–H groups in total. The Labute approximate surface area is 218 Å². The monoisotopic (exact) mass is 494 g/mol. The zero-order valence-electron chi connectivity index (χ0n) is 23.5. The fraction of sp³-hybridized carbons (Fsp3) is 0.552. The van der Waals surface area contributed by atoms with Gasteiger partial charge < -0.3 is 4.74 Å². The number of aromatic nitrogens is 5. The number of nitrogens with zero attached hydrogens (tertiary/aromatic N) is 6. The summed E-state index contributed by atoms with van der Waals surface area (Å²) in [6.07, 6.45) is 10.5. The maximum Gasteiger partial charge on any atom is 0.115 e. The van der Waals surface area contributed by atoms with Gasteiger partial charge in [0.15, 0.2) is 0 Å². The van der Waals surface area contributed by atoms with Gasteiger partial charge in [0.05, 0.1) is 19.4 Å². The highest BCUT2D eigenvalue weighted by atomic mass is 16.5. The van der Waals surface area contributed by atoms with E-state index in [1.165, 1.54) is 11.1 Å². The summed E-state index contributed by atoms with van der Waals surface area (Å²) >= 11 is 0. The molecule has 0 spiro atoms. The molecule has 0 radical (unpaired) electrons. The molecule has 3 aromatic rings. The first-order chi connectivity index (χ1) is 17.2. The Kier molecular flexibility index (Phi) is 16.1. The number of pyridine rings is 1. The predicted octanol–water partition coefficient (Wildman–Crippen LogP) is 6.13. The average molecular weight is 495 g/mol. The number of ether oxygens (including phenoxy) is 1. The predicted molar refractivity (Wildman–Crippen MR) is 148 cm³/mol. The van der Waals surface area contributed by atoms with Crippen molar-refractivity contribution in [3.63, 3.8) is 0 Å². The third kappa shape index (κ3) is 14.0. The molecule has 0 aliphatic carbocycles. The van der Waals surface area contributed by atoms with Crippen molar-refractivity contribution in [2.24, 2.45) is 0 Å². The van der Waals surface area contributed by atoms with E-state index in [9.17, 15) is 0 Å². The van der Waals surface area contributed by atoms with Crippen LogP contribution in [0.15, 0.2) is 61.6 Å². The van der Waals surface area contributed by atoms with Crippen molar-refractivity contribution in [1.82, 2.24) is 30.0 Å². The Bertz CT molecular complexity index is 780. The summed E-state index contributed by atoms with van der Waals surface area (Å²) in [6, 6.07) is 8.70. The highest BCUT2D eigenvalue weighted by Crippen LogP contribution is 2.11. The molecule has 1 fully saturated rings. The van der Waals surface area contributed by atoms with Gasteiger partial charge in [0.25, 0.3) is 0 Å². The van der Waals surface area contributed by atoms with Crippen molar-refractivity contribution < 1.29 is 4.74 Å². The maximum absolute atomic E-state index is 5.21. The van der Waals surface area contributed by atoms with Gasteiger partial charge in [-0.05, 0) is 67.0 Å². The van der Waals surface area contributed by atoms with E-state index in [4.69, 9.17) is 4.74 Å². The van der Waals surface area contributed by atoms with Crippen LogP contribution in [0.25, 0.3) is 0 Å². The van der Waals surface area contributed by atoms with E-state index in [0.29, 0.717) is 23.8 Å². The van der Waals surface area contributed by atoms with Crippen molar-refractivity contribution in [3.05, 3.63) is 78.4 Å². The molecule has 0 unspecified atom stereocenters. The Morgan fingerprint density at radius 1 is 0.667 bits per heavy atom. The van der Waals surface area contributed by atoms with Crippen LogP contribution in [0.3, 0.4) is 0 Å². The average Bonchev–Trinajstić information content (AvgIpc) is 2.92. The van der Waals surface area contributed by atoms with Gasteiger partial charge in [0.2, 0.25) is 0 Å². The Morgan fingerprint density at radius 2 is 1.25 bits per heavy atom. The quantitative estimate of drug-likeness (QED) is 0.431. The van der Waals surface area contributed by atoms with E-state index in [1.54, 1.807) is 24.9 Å². The molecule has 4 heterocycles. The minimum atomic E-state index is 0.507. The van der Waals surface area contributed by atoms with Crippen LogP contribution in [0, 0.1) is 0 Å². The van der Waals surface area contributed by atoms with E-state index in [0.717, 1.165) is 32.0 Å². The first kappa shape index (κ1) is 31.3. The van der Waals surface area contributed by atoms with Gasteiger partial charge in [-0.1, -0.05) is 41.5 Å². The second kappa shape index (κ2) is 18.5. The first-order valence-electron chi connectivity index (χ1n) is 13.0. The van der Waals surface area contributed by atoms with Crippen LogP contribution in [-0.2, 0) is 4.74 Å². The lowest BCUT2D eigenvalue weighted by Gasteiger charge is -2.29. The van der Waals surface area contributed by atoms with Crippen LogP contribution in [0.2, 0.25) is 0 Å². The lowest BCUT2D eigenvalue weighted by Crippen LogP contribution is -2.40. The Morgan fingerprint density at radius 3 is 1.58 bits per heavy atom. The summed E-state index contributed by atoms with van der Waals surface area (Å²) in [4.78, 5) is 14.2. The zero-order chi connectivity index (χ0) is 26.8. The van der Waals surface area contributed by atoms with Gasteiger partial charge in [-0.3, -0.25) is 9.88 Å². The van der Waals surface area contributed by atoms with E-state index < -0.39 is 0 Å². The lowest BCUT2D eigenvalue weighted by molar-refractivity contribution is 0.0238. The van der Waals surface area contributed by atoms with Crippen LogP contribution in [-0.4, -0.2) is 62.4 Å². The van der Waals surface area contributed by atoms with Gasteiger partial charge in [-0.2, -0.15) is 10.2 Å². The third-order valence-corrected chi connectivity index (χ3v) is 5.62. The number of hydrogen-bond donors (Lipinski definition) is 0. The van der Waals surface area contributed by atoms with Crippen LogP contribution in [0.4, 0.5) is 0 Å². The SMILES string of the molecule is CC(C)N1CCOCC1.CC(C)c1ccncc1.CC(C)c1ccncn1.CC(C)c1ccnnc1. The maximum atomic E-state index is 5.21. The second-order valence-corrected chi connectivity index (χ2v) is 9.80.